The molecule has 0 aromatic heterocycles. The summed E-state index contributed by atoms with van der Waals surface area (Å²) in [4.78, 5) is 22.9. The number of hydrogen-bond acceptors (Lipinski definition) is 6. The first-order chi connectivity index (χ1) is 26.5. The first-order valence-electron chi connectivity index (χ1n) is 20.5. The van der Waals surface area contributed by atoms with Crippen LogP contribution in [0.5, 0.6) is 23.0 Å². The van der Waals surface area contributed by atoms with Crippen LogP contribution in [0, 0.1) is 23.7 Å². The fraction of sp³-hybridized carbons (Fsp3) is 0.500. The number of unbranched alkanes of at least 4 members (excludes halogenated alkanes) is 18. The van der Waals surface area contributed by atoms with Crippen LogP contribution in [0.4, 0.5) is 0 Å². The summed E-state index contributed by atoms with van der Waals surface area (Å²) in [5.74, 6) is 13.7. The van der Waals surface area contributed by atoms with E-state index in [2.05, 4.69) is 37.5 Å². The highest BCUT2D eigenvalue weighted by Crippen LogP contribution is 2.30. The third-order valence-electron chi connectivity index (χ3n) is 9.58. The summed E-state index contributed by atoms with van der Waals surface area (Å²) >= 11 is 0. The number of aldehydes is 2. The zero-order chi connectivity index (χ0) is 38.6. The fourth-order valence-corrected chi connectivity index (χ4v) is 6.27. The number of aromatic hydroxyl groups is 2. The SMILES string of the molecule is CCCCCCCCCCCCOc1cc(C#Cc2ccc(O)c(C=O)c2)c(OCCCCCCCCCCCC)cc1C#Cc1ccc(O)c(C=O)c1. The van der Waals surface area contributed by atoms with Crippen molar-refractivity contribution in [2.24, 2.45) is 0 Å². The molecule has 3 rings (SSSR count). The smallest absolute Gasteiger partial charge is 0.153 e. The molecule has 0 aliphatic rings. The third-order valence-corrected chi connectivity index (χ3v) is 9.58. The number of rotatable bonds is 26. The Hall–Kier alpha value is -4.68. The maximum Gasteiger partial charge on any atom is 0.153 e. The monoisotopic (exact) mass is 734 g/mol. The van der Waals surface area contributed by atoms with E-state index in [1.54, 1.807) is 24.3 Å². The van der Waals surface area contributed by atoms with Crippen molar-refractivity contribution in [1.82, 2.24) is 0 Å². The van der Waals surface area contributed by atoms with E-state index >= 15 is 0 Å². The molecule has 0 unspecified atom stereocenters. The lowest BCUT2D eigenvalue weighted by molar-refractivity contribution is 0.111. The molecule has 0 aliphatic carbocycles. The second kappa shape index (κ2) is 27.0. The summed E-state index contributed by atoms with van der Waals surface area (Å²) in [5.41, 5.74) is 2.81. The molecule has 0 saturated heterocycles. The Bertz CT molecular complexity index is 1560. The van der Waals surface area contributed by atoms with E-state index in [0.717, 1.165) is 25.7 Å². The van der Waals surface area contributed by atoms with Crippen LogP contribution in [0.1, 0.15) is 185 Å². The average molecular weight is 735 g/mol. The number of phenolic OH excluding ortho intramolecular Hbond substituents is 2. The molecule has 290 valence electrons. The predicted molar refractivity (Wildman–Crippen MR) is 220 cm³/mol. The van der Waals surface area contributed by atoms with Crippen molar-refractivity contribution in [2.75, 3.05) is 13.2 Å². The van der Waals surface area contributed by atoms with Crippen LogP contribution >= 0.6 is 0 Å². The molecule has 6 nitrogen and oxygen atoms in total. The van der Waals surface area contributed by atoms with Gasteiger partial charge in [0.2, 0.25) is 0 Å². The summed E-state index contributed by atoms with van der Waals surface area (Å²) in [6.07, 6.45) is 25.8. The van der Waals surface area contributed by atoms with E-state index in [9.17, 15) is 19.8 Å². The minimum absolute atomic E-state index is 0.0875. The number of carbonyl (C=O) groups is 2. The van der Waals surface area contributed by atoms with Crippen LogP contribution in [0.25, 0.3) is 0 Å². The van der Waals surface area contributed by atoms with E-state index in [1.807, 2.05) is 12.1 Å². The van der Waals surface area contributed by atoms with Crippen molar-refractivity contribution < 1.29 is 29.3 Å². The van der Waals surface area contributed by atoms with Gasteiger partial charge in [0.25, 0.3) is 0 Å². The van der Waals surface area contributed by atoms with Gasteiger partial charge in [0.15, 0.2) is 12.6 Å². The van der Waals surface area contributed by atoms with Crippen LogP contribution in [-0.2, 0) is 0 Å². The molecule has 0 saturated carbocycles. The average Bonchev–Trinajstić information content (AvgIpc) is 3.18. The second-order valence-electron chi connectivity index (χ2n) is 14.2. The molecule has 0 spiro atoms. The van der Waals surface area contributed by atoms with Gasteiger partial charge < -0.3 is 19.7 Å². The Balaban J connectivity index is 1.80. The molecule has 0 aliphatic heterocycles. The summed E-state index contributed by atoms with van der Waals surface area (Å²) < 4.78 is 12.7. The molecular formula is C48H62O6. The van der Waals surface area contributed by atoms with E-state index in [-0.39, 0.29) is 22.6 Å². The van der Waals surface area contributed by atoms with Gasteiger partial charge in [-0.05, 0) is 49.2 Å². The minimum Gasteiger partial charge on any atom is -0.507 e. The van der Waals surface area contributed by atoms with Gasteiger partial charge in [-0.3, -0.25) is 9.59 Å². The molecule has 3 aromatic rings. The largest absolute Gasteiger partial charge is 0.507 e. The predicted octanol–water partition coefficient (Wildman–Crippen LogP) is 12.1. The minimum atomic E-state index is -0.0875. The fourth-order valence-electron chi connectivity index (χ4n) is 6.27. The molecule has 0 heterocycles. The van der Waals surface area contributed by atoms with Gasteiger partial charge in [0.1, 0.15) is 23.0 Å². The van der Waals surface area contributed by atoms with Gasteiger partial charge in [0, 0.05) is 23.3 Å². The Kier molecular flexibility index (Phi) is 21.8. The Morgan fingerprint density at radius 1 is 0.463 bits per heavy atom. The highest BCUT2D eigenvalue weighted by Gasteiger charge is 2.12. The van der Waals surface area contributed by atoms with Crippen LogP contribution in [0.15, 0.2) is 48.5 Å². The van der Waals surface area contributed by atoms with Crippen LogP contribution < -0.4 is 9.47 Å². The van der Waals surface area contributed by atoms with Gasteiger partial charge in [0.05, 0.1) is 35.5 Å². The lowest BCUT2D eigenvalue weighted by Crippen LogP contribution is -2.03. The van der Waals surface area contributed by atoms with Crippen LogP contribution in [-0.4, -0.2) is 36.0 Å². The summed E-state index contributed by atoms with van der Waals surface area (Å²) in [7, 11) is 0. The van der Waals surface area contributed by atoms with E-state index < -0.39 is 0 Å². The van der Waals surface area contributed by atoms with E-state index in [0.29, 0.717) is 59.5 Å². The maximum absolute atomic E-state index is 11.4. The Morgan fingerprint density at radius 3 is 1.13 bits per heavy atom. The number of phenols is 2. The quantitative estimate of drug-likeness (QED) is 0.0484. The van der Waals surface area contributed by atoms with Gasteiger partial charge in [-0.1, -0.05) is 153 Å². The zero-order valence-electron chi connectivity index (χ0n) is 32.9. The lowest BCUT2D eigenvalue weighted by atomic mass is 10.1. The molecule has 0 bridgehead atoms. The summed E-state index contributed by atoms with van der Waals surface area (Å²) in [5, 5.41) is 20.0. The molecule has 6 heteroatoms. The summed E-state index contributed by atoms with van der Waals surface area (Å²) in [6.45, 7) is 5.56. The molecule has 3 aromatic carbocycles. The molecular weight excluding hydrogens is 673 g/mol. The standard InChI is InChI=1S/C48H62O6/c1-3-5-7-9-11-13-15-17-19-21-31-53-47-35-42(28-24-40-26-30-46(52)44(34-40)38-50)48(54-32-22-20-18-16-14-12-10-8-6-4-2)36-41(47)27-23-39-25-29-45(51)43(33-39)37-49/h25-26,29-30,33-38,51-52H,3-22,31-32H2,1-2H3. The summed E-state index contributed by atoms with van der Waals surface area (Å²) in [6, 6.07) is 13.2. The van der Waals surface area contributed by atoms with Gasteiger partial charge in [-0.15, -0.1) is 0 Å². The second-order valence-corrected chi connectivity index (χ2v) is 14.2. The molecule has 54 heavy (non-hydrogen) atoms. The van der Waals surface area contributed by atoms with Crippen molar-refractivity contribution in [3.05, 3.63) is 81.9 Å². The van der Waals surface area contributed by atoms with Crippen molar-refractivity contribution in [1.29, 1.82) is 0 Å². The number of ether oxygens (including phenoxy) is 2. The number of benzene rings is 3. The highest BCUT2D eigenvalue weighted by molar-refractivity contribution is 5.80. The van der Waals surface area contributed by atoms with Crippen molar-refractivity contribution in [3.8, 4) is 46.7 Å². The van der Waals surface area contributed by atoms with E-state index in [1.165, 1.54) is 115 Å². The van der Waals surface area contributed by atoms with Crippen LogP contribution in [0.2, 0.25) is 0 Å². The Morgan fingerprint density at radius 2 is 0.796 bits per heavy atom. The first kappa shape index (κ1) is 43.7. The zero-order valence-corrected chi connectivity index (χ0v) is 32.9. The third kappa shape index (κ3) is 17.0. The number of carbonyl (C=O) groups excluding carboxylic acids is 2. The molecule has 0 fully saturated rings. The molecule has 0 atom stereocenters. The van der Waals surface area contributed by atoms with Gasteiger partial charge >= 0.3 is 0 Å². The molecule has 2 N–H and O–H groups in total. The normalized spacial score (nSPS) is 10.6. The van der Waals surface area contributed by atoms with Gasteiger partial charge in [-0.2, -0.15) is 0 Å². The molecule has 0 amide bonds. The van der Waals surface area contributed by atoms with Crippen molar-refractivity contribution in [2.45, 2.75) is 142 Å². The lowest BCUT2D eigenvalue weighted by Gasteiger charge is -2.14. The number of hydrogen-bond donors (Lipinski definition) is 2. The van der Waals surface area contributed by atoms with Crippen LogP contribution in [0.3, 0.4) is 0 Å². The van der Waals surface area contributed by atoms with E-state index in [4.69, 9.17) is 9.47 Å². The topological polar surface area (TPSA) is 93.1 Å². The van der Waals surface area contributed by atoms with Crippen molar-refractivity contribution in [3.63, 3.8) is 0 Å². The highest BCUT2D eigenvalue weighted by atomic mass is 16.5. The van der Waals surface area contributed by atoms with Crippen molar-refractivity contribution >= 4 is 12.6 Å². The Labute approximate surface area is 325 Å². The first-order valence-corrected chi connectivity index (χ1v) is 20.5. The maximum atomic E-state index is 11.4. The molecule has 0 radical (unpaired) electrons. The van der Waals surface area contributed by atoms with Gasteiger partial charge in [-0.25, -0.2) is 0 Å².